The normalized spacial score (nSPS) is 16.7. The van der Waals surface area contributed by atoms with E-state index in [1.807, 2.05) is 44.2 Å². The molecule has 166 valence electrons. The van der Waals surface area contributed by atoms with Crippen molar-refractivity contribution in [3.8, 4) is 0 Å². The molecule has 0 aliphatic carbocycles. The number of carbonyl (C=O) groups is 3. The van der Waals surface area contributed by atoms with Crippen LogP contribution in [0, 0.1) is 11.8 Å². The summed E-state index contributed by atoms with van der Waals surface area (Å²) in [5.41, 5.74) is 1.06. The molecule has 1 heterocycles. The molecule has 2 atom stereocenters. The van der Waals surface area contributed by atoms with Gasteiger partial charge >= 0.3 is 0 Å². The summed E-state index contributed by atoms with van der Waals surface area (Å²) in [6.45, 7) is 4.94. The zero-order chi connectivity index (χ0) is 21.9. The van der Waals surface area contributed by atoms with Crippen LogP contribution in [-0.4, -0.2) is 54.5 Å². The van der Waals surface area contributed by atoms with Crippen molar-refractivity contribution in [3.63, 3.8) is 0 Å². The van der Waals surface area contributed by atoms with E-state index in [0.717, 1.165) is 31.5 Å². The Bertz CT molecular complexity index is 687. The number of nitrogens with one attached hydrogen (secondary N) is 3. The molecule has 0 saturated carbocycles. The van der Waals surface area contributed by atoms with Crippen LogP contribution in [0.2, 0.25) is 0 Å². The molecular formula is C23H35N3O4. The Balaban J connectivity index is 2.01. The SMILES string of the molecule is CC(C)C[C@H](NC(=O)C1CCNCC1)C(=O)N[C@@H](CCc1ccccc1)C(=O)CO. The molecule has 7 heteroatoms. The molecule has 0 spiro atoms. The van der Waals surface area contributed by atoms with Gasteiger partial charge in [-0.3, -0.25) is 14.4 Å². The second kappa shape index (κ2) is 12.4. The maximum Gasteiger partial charge on any atom is 0.243 e. The zero-order valence-electron chi connectivity index (χ0n) is 18.0. The standard InChI is InChI=1S/C23H35N3O4/c1-16(2)14-20(26-22(29)18-10-12-24-13-11-18)23(30)25-19(21(28)15-27)9-8-17-6-4-3-5-7-17/h3-7,16,18-20,24,27H,8-15H2,1-2H3,(H,25,30)(H,26,29)/t19-,20-/m0/s1. The molecule has 1 aromatic rings. The van der Waals surface area contributed by atoms with Gasteiger partial charge in [-0.2, -0.15) is 0 Å². The fraction of sp³-hybridized carbons (Fsp3) is 0.609. The number of rotatable bonds is 11. The van der Waals surface area contributed by atoms with Gasteiger partial charge in [0.05, 0.1) is 6.04 Å². The Morgan fingerprint density at radius 3 is 2.33 bits per heavy atom. The second-order valence-electron chi connectivity index (χ2n) is 8.42. The molecule has 1 saturated heterocycles. The smallest absolute Gasteiger partial charge is 0.243 e. The lowest BCUT2D eigenvalue weighted by Gasteiger charge is -2.27. The number of ketones is 1. The van der Waals surface area contributed by atoms with Crippen LogP contribution in [0.4, 0.5) is 0 Å². The summed E-state index contributed by atoms with van der Waals surface area (Å²) in [6, 6.07) is 8.21. The summed E-state index contributed by atoms with van der Waals surface area (Å²) in [4.78, 5) is 37.8. The van der Waals surface area contributed by atoms with Crippen LogP contribution in [0.15, 0.2) is 30.3 Å². The minimum Gasteiger partial charge on any atom is -0.389 e. The summed E-state index contributed by atoms with van der Waals surface area (Å²) in [5, 5.41) is 18.2. The molecule has 2 amide bonds. The third kappa shape index (κ3) is 7.88. The maximum absolute atomic E-state index is 13.0. The minimum absolute atomic E-state index is 0.0957. The van der Waals surface area contributed by atoms with E-state index < -0.39 is 24.5 Å². The van der Waals surface area contributed by atoms with Crippen molar-refractivity contribution in [3.05, 3.63) is 35.9 Å². The molecule has 30 heavy (non-hydrogen) atoms. The largest absolute Gasteiger partial charge is 0.389 e. The van der Waals surface area contributed by atoms with Crippen LogP contribution < -0.4 is 16.0 Å². The highest BCUT2D eigenvalue weighted by atomic mass is 16.3. The van der Waals surface area contributed by atoms with Crippen LogP contribution in [0.25, 0.3) is 0 Å². The van der Waals surface area contributed by atoms with E-state index in [-0.39, 0.29) is 23.7 Å². The van der Waals surface area contributed by atoms with Gasteiger partial charge in [0.2, 0.25) is 11.8 Å². The maximum atomic E-state index is 13.0. The lowest BCUT2D eigenvalue weighted by Crippen LogP contribution is -2.54. The molecule has 1 aliphatic rings. The summed E-state index contributed by atoms with van der Waals surface area (Å²) in [7, 11) is 0. The Labute approximate surface area is 179 Å². The van der Waals surface area contributed by atoms with E-state index in [4.69, 9.17) is 0 Å². The minimum atomic E-state index is -0.784. The third-order valence-electron chi connectivity index (χ3n) is 5.48. The van der Waals surface area contributed by atoms with Gasteiger partial charge < -0.3 is 21.1 Å². The van der Waals surface area contributed by atoms with E-state index in [2.05, 4.69) is 16.0 Å². The average Bonchev–Trinajstić information content (AvgIpc) is 2.76. The lowest BCUT2D eigenvalue weighted by molar-refractivity contribution is -0.134. The molecule has 1 aliphatic heterocycles. The summed E-state index contributed by atoms with van der Waals surface area (Å²) in [5.74, 6) is -0.795. The Morgan fingerprint density at radius 1 is 1.07 bits per heavy atom. The van der Waals surface area contributed by atoms with Gasteiger partial charge in [-0.1, -0.05) is 44.2 Å². The molecule has 0 radical (unpaired) electrons. The number of hydrogen-bond donors (Lipinski definition) is 4. The molecule has 2 rings (SSSR count). The number of hydrogen-bond acceptors (Lipinski definition) is 5. The van der Waals surface area contributed by atoms with Gasteiger partial charge in [-0.05, 0) is 56.7 Å². The van der Waals surface area contributed by atoms with Crippen molar-refractivity contribution in [2.24, 2.45) is 11.8 Å². The van der Waals surface area contributed by atoms with Crippen LogP contribution in [0.5, 0.6) is 0 Å². The van der Waals surface area contributed by atoms with E-state index >= 15 is 0 Å². The first-order valence-electron chi connectivity index (χ1n) is 10.9. The molecule has 7 nitrogen and oxygen atoms in total. The van der Waals surface area contributed by atoms with Gasteiger partial charge in [0, 0.05) is 5.92 Å². The predicted molar refractivity (Wildman–Crippen MR) is 116 cm³/mol. The van der Waals surface area contributed by atoms with Gasteiger partial charge in [0.25, 0.3) is 0 Å². The van der Waals surface area contributed by atoms with Crippen molar-refractivity contribution < 1.29 is 19.5 Å². The first-order chi connectivity index (χ1) is 14.4. The van der Waals surface area contributed by atoms with Crippen LogP contribution in [-0.2, 0) is 20.8 Å². The second-order valence-corrected chi connectivity index (χ2v) is 8.42. The van der Waals surface area contributed by atoms with Crippen molar-refractivity contribution in [2.75, 3.05) is 19.7 Å². The van der Waals surface area contributed by atoms with Gasteiger partial charge in [0.15, 0.2) is 5.78 Å². The molecular weight excluding hydrogens is 382 g/mol. The fourth-order valence-corrected chi connectivity index (χ4v) is 3.73. The van der Waals surface area contributed by atoms with E-state index in [0.29, 0.717) is 19.3 Å². The number of aliphatic hydroxyl groups is 1. The number of benzene rings is 1. The highest BCUT2D eigenvalue weighted by Gasteiger charge is 2.29. The summed E-state index contributed by atoms with van der Waals surface area (Å²) in [6.07, 6.45) is 3.00. The van der Waals surface area contributed by atoms with E-state index in [9.17, 15) is 19.5 Å². The number of aliphatic hydroxyl groups excluding tert-OH is 1. The molecule has 0 bridgehead atoms. The highest BCUT2D eigenvalue weighted by molar-refractivity contribution is 5.93. The Morgan fingerprint density at radius 2 is 1.73 bits per heavy atom. The molecule has 0 aromatic heterocycles. The number of aryl methyl sites for hydroxylation is 1. The Kier molecular flexibility index (Phi) is 9.97. The summed E-state index contributed by atoms with van der Waals surface area (Å²) < 4.78 is 0. The molecule has 4 N–H and O–H groups in total. The molecule has 1 fully saturated rings. The number of carbonyl (C=O) groups excluding carboxylic acids is 3. The summed E-state index contributed by atoms with van der Waals surface area (Å²) >= 11 is 0. The van der Waals surface area contributed by atoms with Crippen molar-refractivity contribution in [1.82, 2.24) is 16.0 Å². The van der Waals surface area contributed by atoms with Crippen LogP contribution in [0.1, 0.15) is 45.1 Å². The van der Waals surface area contributed by atoms with Crippen LogP contribution >= 0.6 is 0 Å². The molecule has 0 unspecified atom stereocenters. The fourth-order valence-electron chi connectivity index (χ4n) is 3.73. The zero-order valence-corrected chi connectivity index (χ0v) is 18.0. The quantitative estimate of drug-likeness (QED) is 0.433. The highest BCUT2D eigenvalue weighted by Crippen LogP contribution is 2.14. The van der Waals surface area contributed by atoms with Gasteiger partial charge in [0.1, 0.15) is 12.6 Å². The van der Waals surface area contributed by atoms with Gasteiger partial charge in [-0.25, -0.2) is 0 Å². The third-order valence-corrected chi connectivity index (χ3v) is 5.48. The van der Waals surface area contributed by atoms with Crippen molar-refractivity contribution >= 4 is 17.6 Å². The van der Waals surface area contributed by atoms with Gasteiger partial charge in [-0.15, -0.1) is 0 Å². The van der Waals surface area contributed by atoms with E-state index in [1.165, 1.54) is 0 Å². The van der Waals surface area contributed by atoms with Crippen LogP contribution in [0.3, 0.4) is 0 Å². The van der Waals surface area contributed by atoms with Crippen molar-refractivity contribution in [1.29, 1.82) is 0 Å². The topological polar surface area (TPSA) is 108 Å². The monoisotopic (exact) mass is 417 g/mol. The van der Waals surface area contributed by atoms with E-state index in [1.54, 1.807) is 0 Å². The molecule has 1 aromatic carbocycles. The lowest BCUT2D eigenvalue weighted by atomic mass is 9.95. The predicted octanol–water partition coefficient (Wildman–Crippen LogP) is 1.20. The number of Topliss-reactive ketones (excluding diaryl/α,β-unsaturated/α-hetero) is 1. The first kappa shape index (κ1) is 24.0. The first-order valence-corrected chi connectivity index (χ1v) is 10.9. The number of amides is 2. The van der Waals surface area contributed by atoms with Crippen molar-refractivity contribution in [2.45, 2.75) is 58.0 Å². The Hall–Kier alpha value is -2.25. The average molecular weight is 418 g/mol. The number of piperidine rings is 1.